The van der Waals surface area contributed by atoms with Crippen LogP contribution >= 0.6 is 11.6 Å². The van der Waals surface area contributed by atoms with Crippen LogP contribution in [-0.4, -0.2) is 26.1 Å². The number of esters is 1. The van der Waals surface area contributed by atoms with E-state index in [4.69, 9.17) is 21.1 Å². The van der Waals surface area contributed by atoms with Gasteiger partial charge in [-0.2, -0.15) is 0 Å². The molecule has 5 nitrogen and oxygen atoms in total. The molecule has 0 fully saturated rings. The van der Waals surface area contributed by atoms with Gasteiger partial charge in [-0.1, -0.05) is 41.9 Å². The molecule has 0 unspecified atom stereocenters. The van der Waals surface area contributed by atoms with Crippen LogP contribution in [0.4, 0.5) is 5.69 Å². The van der Waals surface area contributed by atoms with E-state index in [1.54, 1.807) is 42.3 Å². The zero-order chi connectivity index (χ0) is 23.5. The first-order valence-corrected chi connectivity index (χ1v) is 10.7. The van der Waals surface area contributed by atoms with Crippen molar-refractivity contribution in [1.82, 2.24) is 0 Å². The highest BCUT2D eigenvalue weighted by Gasteiger charge is 2.32. The molecule has 0 aromatic heterocycles. The highest BCUT2D eigenvalue weighted by molar-refractivity contribution is 6.30. The number of rotatable bonds is 5. The van der Waals surface area contributed by atoms with Crippen molar-refractivity contribution in [3.8, 4) is 5.75 Å². The van der Waals surface area contributed by atoms with Gasteiger partial charge in [-0.25, -0.2) is 4.79 Å². The van der Waals surface area contributed by atoms with Crippen molar-refractivity contribution in [2.45, 2.75) is 6.92 Å². The molecule has 0 N–H and O–H groups in total. The number of ether oxygens (including phenoxy) is 2. The van der Waals surface area contributed by atoms with E-state index in [-0.39, 0.29) is 5.91 Å². The van der Waals surface area contributed by atoms with Crippen molar-refractivity contribution in [2.24, 2.45) is 0 Å². The maximum absolute atomic E-state index is 13.6. The van der Waals surface area contributed by atoms with Gasteiger partial charge in [0.1, 0.15) is 5.75 Å². The molecule has 0 saturated heterocycles. The van der Waals surface area contributed by atoms with Crippen LogP contribution in [0, 0.1) is 6.92 Å². The van der Waals surface area contributed by atoms with E-state index in [1.165, 1.54) is 7.11 Å². The van der Waals surface area contributed by atoms with Crippen LogP contribution in [0.5, 0.6) is 5.75 Å². The molecular weight excluding hydrogens is 438 g/mol. The molecule has 6 heteroatoms. The molecule has 166 valence electrons. The Morgan fingerprint density at radius 1 is 0.970 bits per heavy atom. The van der Waals surface area contributed by atoms with E-state index >= 15 is 0 Å². The van der Waals surface area contributed by atoms with E-state index in [2.05, 4.69) is 0 Å². The Balaban J connectivity index is 1.84. The fourth-order valence-corrected chi connectivity index (χ4v) is 3.79. The maximum atomic E-state index is 13.6. The molecule has 0 aliphatic carbocycles. The molecule has 1 heterocycles. The number of benzene rings is 3. The summed E-state index contributed by atoms with van der Waals surface area (Å²) in [6.45, 7) is 1.90. The van der Waals surface area contributed by atoms with Gasteiger partial charge in [0, 0.05) is 10.6 Å². The average molecular weight is 460 g/mol. The lowest BCUT2D eigenvalue weighted by Crippen LogP contribution is -2.26. The summed E-state index contributed by atoms with van der Waals surface area (Å²) in [6, 6.07) is 19.9. The summed E-state index contributed by atoms with van der Waals surface area (Å²) >= 11 is 6.08. The van der Waals surface area contributed by atoms with Gasteiger partial charge >= 0.3 is 5.97 Å². The molecule has 0 atom stereocenters. The average Bonchev–Trinajstić information content (AvgIpc) is 3.15. The van der Waals surface area contributed by atoms with Gasteiger partial charge < -0.3 is 9.47 Å². The molecule has 4 rings (SSSR count). The normalized spacial score (nSPS) is 14.4. The van der Waals surface area contributed by atoms with E-state index in [9.17, 15) is 9.59 Å². The number of anilines is 1. The minimum atomic E-state index is -0.464. The second-order valence-corrected chi connectivity index (χ2v) is 7.98. The van der Waals surface area contributed by atoms with Crippen molar-refractivity contribution in [2.75, 3.05) is 19.1 Å². The highest BCUT2D eigenvalue weighted by Crippen LogP contribution is 2.37. The Labute approximate surface area is 197 Å². The SMILES string of the molecule is COC(=O)c1ccc(C)c(N2C(=O)/C(=C\c3ccc(OC)cc3)C=C2c2ccc(Cl)cc2)c1. The lowest BCUT2D eigenvalue weighted by atomic mass is 10.1. The molecule has 0 bridgehead atoms. The zero-order valence-corrected chi connectivity index (χ0v) is 19.2. The molecular formula is C27H22ClNO4. The van der Waals surface area contributed by atoms with Crippen molar-refractivity contribution >= 4 is 40.9 Å². The van der Waals surface area contributed by atoms with E-state index < -0.39 is 5.97 Å². The topological polar surface area (TPSA) is 55.8 Å². The summed E-state index contributed by atoms with van der Waals surface area (Å²) < 4.78 is 10.1. The lowest BCUT2D eigenvalue weighted by molar-refractivity contribution is -0.113. The fourth-order valence-electron chi connectivity index (χ4n) is 3.66. The highest BCUT2D eigenvalue weighted by atomic mass is 35.5. The van der Waals surface area contributed by atoms with E-state index in [0.717, 1.165) is 22.4 Å². The van der Waals surface area contributed by atoms with Crippen molar-refractivity contribution in [3.05, 3.63) is 106 Å². The number of carbonyl (C=O) groups is 2. The smallest absolute Gasteiger partial charge is 0.337 e. The molecule has 1 aliphatic rings. The summed E-state index contributed by atoms with van der Waals surface area (Å²) in [6.07, 6.45) is 3.68. The van der Waals surface area contributed by atoms with Crippen LogP contribution in [0.25, 0.3) is 11.8 Å². The minimum absolute atomic E-state index is 0.194. The summed E-state index contributed by atoms with van der Waals surface area (Å²) in [5.74, 6) is 0.0824. The Kier molecular flexibility index (Phi) is 6.33. The Hall–Kier alpha value is -3.83. The predicted octanol–water partition coefficient (Wildman–Crippen LogP) is 5.91. The van der Waals surface area contributed by atoms with Crippen LogP contribution < -0.4 is 9.64 Å². The van der Waals surface area contributed by atoms with E-state index in [0.29, 0.717) is 27.5 Å². The Bertz CT molecular complexity index is 1270. The third-order valence-corrected chi connectivity index (χ3v) is 5.68. The second kappa shape index (κ2) is 9.35. The van der Waals surface area contributed by atoms with Gasteiger partial charge in [-0.15, -0.1) is 0 Å². The predicted molar refractivity (Wildman–Crippen MR) is 130 cm³/mol. The van der Waals surface area contributed by atoms with Crippen LogP contribution in [0.1, 0.15) is 27.0 Å². The number of nitrogens with zero attached hydrogens (tertiary/aromatic N) is 1. The molecule has 3 aromatic rings. The summed E-state index contributed by atoms with van der Waals surface area (Å²) in [7, 11) is 2.94. The van der Waals surface area contributed by atoms with Gasteiger partial charge in [0.05, 0.1) is 31.2 Å². The number of halogens is 1. The van der Waals surface area contributed by atoms with Crippen molar-refractivity contribution < 1.29 is 19.1 Å². The third-order valence-electron chi connectivity index (χ3n) is 5.43. The second-order valence-electron chi connectivity index (χ2n) is 7.54. The molecule has 33 heavy (non-hydrogen) atoms. The Morgan fingerprint density at radius 3 is 2.30 bits per heavy atom. The molecule has 3 aromatic carbocycles. The number of hydrogen-bond acceptors (Lipinski definition) is 4. The van der Waals surface area contributed by atoms with Crippen molar-refractivity contribution in [3.63, 3.8) is 0 Å². The van der Waals surface area contributed by atoms with Crippen LogP contribution in [0.3, 0.4) is 0 Å². The number of methoxy groups -OCH3 is 2. The number of aryl methyl sites for hydroxylation is 1. The summed E-state index contributed by atoms with van der Waals surface area (Å²) in [4.78, 5) is 27.4. The van der Waals surface area contributed by atoms with Gasteiger partial charge in [0.25, 0.3) is 5.91 Å². The minimum Gasteiger partial charge on any atom is -0.497 e. The van der Waals surface area contributed by atoms with Gasteiger partial charge in [-0.3, -0.25) is 9.69 Å². The lowest BCUT2D eigenvalue weighted by Gasteiger charge is -2.23. The van der Waals surface area contributed by atoms with Crippen LogP contribution in [-0.2, 0) is 9.53 Å². The largest absolute Gasteiger partial charge is 0.497 e. The van der Waals surface area contributed by atoms with Crippen LogP contribution in [0.15, 0.2) is 78.4 Å². The van der Waals surface area contributed by atoms with Crippen molar-refractivity contribution in [1.29, 1.82) is 0 Å². The van der Waals surface area contributed by atoms with E-state index in [1.807, 2.05) is 55.5 Å². The standard InChI is InChI=1S/C27H22ClNO4/c1-17-4-7-20(27(31)33-3)15-24(17)29-25(19-8-10-22(28)11-9-19)16-21(26(29)30)14-18-5-12-23(32-2)13-6-18/h4-16H,1-3H3/b21-14-. The fraction of sp³-hybridized carbons (Fsp3) is 0.111. The zero-order valence-electron chi connectivity index (χ0n) is 18.5. The molecule has 1 amide bonds. The first kappa shape index (κ1) is 22.4. The number of amides is 1. The molecule has 0 radical (unpaired) electrons. The molecule has 1 aliphatic heterocycles. The Morgan fingerprint density at radius 2 is 1.67 bits per heavy atom. The quantitative estimate of drug-likeness (QED) is 0.351. The third kappa shape index (κ3) is 4.54. The number of carbonyl (C=O) groups excluding carboxylic acids is 2. The summed E-state index contributed by atoms with van der Waals surface area (Å²) in [5.41, 5.74) is 4.74. The summed E-state index contributed by atoms with van der Waals surface area (Å²) in [5, 5.41) is 0.605. The van der Waals surface area contributed by atoms with Gasteiger partial charge in [0.2, 0.25) is 0 Å². The first-order valence-electron chi connectivity index (χ1n) is 10.3. The van der Waals surface area contributed by atoms with Gasteiger partial charge in [0.15, 0.2) is 0 Å². The van der Waals surface area contributed by atoms with Gasteiger partial charge in [-0.05, 0) is 72.2 Å². The molecule has 0 spiro atoms. The monoisotopic (exact) mass is 459 g/mol. The maximum Gasteiger partial charge on any atom is 0.337 e. The molecule has 0 saturated carbocycles. The number of hydrogen-bond donors (Lipinski definition) is 0. The first-order chi connectivity index (χ1) is 15.9. The van der Waals surface area contributed by atoms with Crippen LogP contribution in [0.2, 0.25) is 5.02 Å².